The van der Waals surface area contributed by atoms with Crippen molar-refractivity contribution in [2.75, 3.05) is 13.1 Å². The van der Waals surface area contributed by atoms with Gasteiger partial charge in [0, 0.05) is 24.5 Å². The molecule has 1 aliphatic rings. The van der Waals surface area contributed by atoms with Gasteiger partial charge in [-0.1, -0.05) is 13.8 Å². The van der Waals surface area contributed by atoms with E-state index in [1.807, 2.05) is 0 Å². The van der Waals surface area contributed by atoms with Crippen LogP contribution in [0, 0.1) is 11.8 Å². The zero-order chi connectivity index (χ0) is 12.6. The van der Waals surface area contributed by atoms with Gasteiger partial charge in [0.25, 0.3) is 10.0 Å². The first-order valence-electron chi connectivity index (χ1n) is 5.74. The van der Waals surface area contributed by atoms with Gasteiger partial charge in [0.1, 0.15) is 4.21 Å². The molecule has 96 valence electrons. The molecule has 0 saturated carbocycles. The van der Waals surface area contributed by atoms with Crippen molar-refractivity contribution in [1.29, 1.82) is 0 Å². The summed E-state index contributed by atoms with van der Waals surface area (Å²) in [4.78, 5) is 0.906. The minimum atomic E-state index is -3.30. The van der Waals surface area contributed by atoms with Crippen molar-refractivity contribution in [2.24, 2.45) is 17.6 Å². The average Bonchev–Trinajstić information content (AvgIpc) is 2.87. The summed E-state index contributed by atoms with van der Waals surface area (Å²) >= 11 is 1.27. The molecule has 2 rings (SSSR count). The number of rotatable bonds is 3. The molecule has 2 N–H and O–H groups in total. The molecule has 1 aromatic rings. The number of hydrogen-bond donors (Lipinski definition) is 1. The summed E-state index contributed by atoms with van der Waals surface area (Å²) in [5.74, 6) is 0.859. The molecule has 0 spiro atoms. The van der Waals surface area contributed by atoms with Crippen LogP contribution in [-0.2, 0) is 16.6 Å². The molecule has 0 bridgehead atoms. The van der Waals surface area contributed by atoms with E-state index in [0.717, 1.165) is 4.88 Å². The van der Waals surface area contributed by atoms with Crippen LogP contribution in [0.25, 0.3) is 0 Å². The number of thiophene rings is 1. The van der Waals surface area contributed by atoms with Crippen molar-refractivity contribution >= 4 is 21.4 Å². The highest BCUT2D eigenvalue weighted by molar-refractivity contribution is 7.91. The quantitative estimate of drug-likeness (QED) is 0.908. The van der Waals surface area contributed by atoms with Crippen molar-refractivity contribution in [3.63, 3.8) is 0 Å². The first-order valence-corrected chi connectivity index (χ1v) is 7.99. The summed E-state index contributed by atoms with van der Waals surface area (Å²) in [5, 5.41) is 0. The van der Waals surface area contributed by atoms with E-state index in [1.54, 1.807) is 16.4 Å². The smallest absolute Gasteiger partial charge is 0.252 e. The fourth-order valence-electron chi connectivity index (χ4n) is 2.01. The number of hydrogen-bond acceptors (Lipinski definition) is 4. The maximum atomic E-state index is 12.4. The second kappa shape index (κ2) is 4.68. The van der Waals surface area contributed by atoms with E-state index in [4.69, 9.17) is 5.73 Å². The van der Waals surface area contributed by atoms with Crippen molar-refractivity contribution < 1.29 is 8.42 Å². The first-order chi connectivity index (χ1) is 7.95. The van der Waals surface area contributed by atoms with Gasteiger partial charge in [0.05, 0.1) is 0 Å². The highest BCUT2D eigenvalue weighted by atomic mass is 32.2. The van der Waals surface area contributed by atoms with Crippen LogP contribution in [0.4, 0.5) is 0 Å². The molecule has 4 nitrogen and oxygen atoms in total. The van der Waals surface area contributed by atoms with Crippen LogP contribution >= 0.6 is 11.3 Å². The Bertz CT molecular complexity index is 485. The van der Waals surface area contributed by atoms with Crippen molar-refractivity contribution in [1.82, 2.24) is 4.31 Å². The van der Waals surface area contributed by atoms with Gasteiger partial charge in [-0.2, -0.15) is 4.31 Å². The SMILES string of the molecule is CC1CN(S(=O)(=O)c2ccc(CN)s2)CC1C. The second-order valence-corrected chi connectivity index (χ2v) is 8.03. The van der Waals surface area contributed by atoms with Crippen LogP contribution < -0.4 is 5.73 Å². The third-order valence-electron chi connectivity index (χ3n) is 3.39. The van der Waals surface area contributed by atoms with E-state index in [9.17, 15) is 8.42 Å². The molecule has 1 aromatic heterocycles. The molecular formula is C11H18N2O2S2. The first kappa shape index (κ1) is 13.0. The summed E-state index contributed by atoms with van der Waals surface area (Å²) in [6.07, 6.45) is 0. The topological polar surface area (TPSA) is 63.4 Å². The number of sulfonamides is 1. The highest BCUT2D eigenvalue weighted by Gasteiger charge is 2.35. The zero-order valence-electron chi connectivity index (χ0n) is 10.1. The van der Waals surface area contributed by atoms with Crippen molar-refractivity contribution in [2.45, 2.75) is 24.6 Å². The number of nitrogens with zero attached hydrogens (tertiary/aromatic N) is 1. The van der Waals surface area contributed by atoms with E-state index in [2.05, 4.69) is 13.8 Å². The van der Waals surface area contributed by atoms with E-state index in [1.165, 1.54) is 11.3 Å². The van der Waals surface area contributed by atoms with E-state index in [-0.39, 0.29) is 0 Å². The van der Waals surface area contributed by atoms with Crippen LogP contribution in [-0.4, -0.2) is 25.8 Å². The summed E-state index contributed by atoms with van der Waals surface area (Å²) < 4.78 is 26.7. The predicted octanol–water partition coefficient (Wildman–Crippen LogP) is 1.48. The molecule has 0 radical (unpaired) electrons. The Kier molecular flexibility index (Phi) is 3.58. The Labute approximate surface area is 106 Å². The molecule has 1 aliphatic heterocycles. The van der Waals surface area contributed by atoms with Gasteiger partial charge in [0.15, 0.2) is 0 Å². The van der Waals surface area contributed by atoms with Crippen LogP contribution in [0.15, 0.2) is 16.3 Å². The van der Waals surface area contributed by atoms with Crippen LogP contribution in [0.1, 0.15) is 18.7 Å². The molecular weight excluding hydrogens is 256 g/mol. The predicted molar refractivity (Wildman–Crippen MR) is 69.3 cm³/mol. The molecule has 1 fully saturated rings. The lowest BCUT2D eigenvalue weighted by Gasteiger charge is -2.14. The Balaban J connectivity index is 2.25. The molecule has 0 amide bonds. The van der Waals surface area contributed by atoms with Gasteiger partial charge in [-0.3, -0.25) is 0 Å². The number of nitrogens with two attached hydrogens (primary N) is 1. The molecule has 1 saturated heterocycles. The van der Waals surface area contributed by atoms with Gasteiger partial charge in [-0.05, 0) is 24.0 Å². The van der Waals surface area contributed by atoms with E-state index < -0.39 is 10.0 Å². The molecule has 0 aliphatic carbocycles. The van der Waals surface area contributed by atoms with Gasteiger partial charge < -0.3 is 5.73 Å². The minimum absolute atomic E-state index is 0.396. The van der Waals surface area contributed by atoms with E-state index in [0.29, 0.717) is 35.7 Å². The zero-order valence-corrected chi connectivity index (χ0v) is 11.7. The van der Waals surface area contributed by atoms with Crippen molar-refractivity contribution in [3.05, 3.63) is 17.0 Å². The molecule has 6 heteroatoms. The van der Waals surface area contributed by atoms with E-state index >= 15 is 0 Å². The van der Waals surface area contributed by atoms with Gasteiger partial charge in [0.2, 0.25) is 0 Å². The molecule has 2 heterocycles. The summed E-state index contributed by atoms with van der Waals surface area (Å²) in [7, 11) is -3.30. The minimum Gasteiger partial charge on any atom is -0.326 e. The third kappa shape index (κ3) is 2.40. The Morgan fingerprint density at radius 1 is 1.35 bits per heavy atom. The van der Waals surface area contributed by atoms with Crippen LogP contribution in [0.5, 0.6) is 0 Å². The largest absolute Gasteiger partial charge is 0.326 e. The standard InChI is InChI=1S/C11H18N2O2S2/c1-8-6-13(7-9(8)2)17(14,15)11-4-3-10(5-12)16-11/h3-4,8-9H,5-7,12H2,1-2H3. The van der Waals surface area contributed by atoms with Gasteiger partial charge in [-0.25, -0.2) is 8.42 Å². The van der Waals surface area contributed by atoms with Crippen molar-refractivity contribution in [3.8, 4) is 0 Å². The average molecular weight is 274 g/mol. The maximum Gasteiger partial charge on any atom is 0.252 e. The Morgan fingerprint density at radius 3 is 2.41 bits per heavy atom. The fourth-order valence-corrected chi connectivity index (χ4v) is 5.04. The van der Waals surface area contributed by atoms with Gasteiger partial charge >= 0.3 is 0 Å². The van der Waals surface area contributed by atoms with Crippen LogP contribution in [0.3, 0.4) is 0 Å². The lowest BCUT2D eigenvalue weighted by Crippen LogP contribution is -2.28. The van der Waals surface area contributed by atoms with Crippen LogP contribution in [0.2, 0.25) is 0 Å². The Morgan fingerprint density at radius 2 is 1.94 bits per heavy atom. The Hall–Kier alpha value is -0.430. The summed E-state index contributed by atoms with van der Waals surface area (Å²) in [6, 6.07) is 3.45. The highest BCUT2D eigenvalue weighted by Crippen LogP contribution is 2.31. The second-order valence-electron chi connectivity index (χ2n) is 4.70. The molecule has 2 unspecified atom stereocenters. The molecule has 2 atom stereocenters. The third-order valence-corrected chi connectivity index (χ3v) is 6.79. The molecule has 17 heavy (non-hydrogen) atoms. The lowest BCUT2D eigenvalue weighted by atomic mass is 10.0. The maximum absolute atomic E-state index is 12.4. The van der Waals surface area contributed by atoms with Gasteiger partial charge in [-0.15, -0.1) is 11.3 Å². The lowest BCUT2D eigenvalue weighted by molar-refractivity contribution is 0.465. The normalized spacial score (nSPS) is 26.5. The fraction of sp³-hybridized carbons (Fsp3) is 0.636. The summed E-state index contributed by atoms with van der Waals surface area (Å²) in [6.45, 7) is 5.84. The summed E-state index contributed by atoms with van der Waals surface area (Å²) in [5.41, 5.74) is 5.51. The molecule has 0 aromatic carbocycles. The monoisotopic (exact) mass is 274 g/mol.